The van der Waals surface area contributed by atoms with Crippen molar-refractivity contribution in [2.24, 2.45) is 4.99 Å². The van der Waals surface area contributed by atoms with Crippen molar-refractivity contribution in [2.75, 3.05) is 0 Å². The number of hydrogen-bond acceptors (Lipinski definition) is 2. The van der Waals surface area contributed by atoms with Crippen LogP contribution in [0.15, 0.2) is 22.1 Å². The van der Waals surface area contributed by atoms with Crippen LogP contribution in [0.1, 0.15) is 5.56 Å². The van der Waals surface area contributed by atoms with Crippen LogP contribution in [-0.2, 0) is 0 Å². The lowest BCUT2D eigenvalue weighted by Gasteiger charge is -1.93. The molecule has 1 aromatic rings. The Labute approximate surface area is 58.4 Å². The average Bonchev–Trinajstić information content (AvgIpc) is 1.95. The molecule has 0 saturated carbocycles. The highest BCUT2D eigenvalue weighted by molar-refractivity contribution is 5.48. The highest BCUT2D eigenvalue weighted by Crippen LogP contribution is 2.10. The van der Waals surface area contributed by atoms with E-state index in [0.29, 0.717) is 11.3 Å². The third kappa shape index (κ3) is 0.978. The summed E-state index contributed by atoms with van der Waals surface area (Å²) in [6.07, 6.45) is 1.55. The van der Waals surface area contributed by atoms with Crippen LogP contribution in [0, 0.1) is 6.92 Å². The van der Waals surface area contributed by atoms with Crippen LogP contribution in [-0.4, -0.2) is 11.7 Å². The molecule has 0 aliphatic heterocycles. The molecule has 52 valence electrons. The SMILES string of the molecule is C=Nc1cc[nH]c(=O)c1C. The standard InChI is InChI=1S/C7H8N2O/c1-5-6(8-2)3-4-9-7(5)10/h3-4H,2H2,1H3,(H,9,10). The summed E-state index contributed by atoms with van der Waals surface area (Å²) in [5.74, 6) is 0. The maximum absolute atomic E-state index is 10.9. The topological polar surface area (TPSA) is 45.2 Å². The Hall–Kier alpha value is -1.38. The largest absolute Gasteiger partial charge is 0.329 e. The molecule has 0 bridgehead atoms. The first-order chi connectivity index (χ1) is 4.75. The van der Waals surface area contributed by atoms with Gasteiger partial charge < -0.3 is 4.98 Å². The lowest BCUT2D eigenvalue weighted by molar-refractivity contribution is 1.17. The second-order valence-electron chi connectivity index (χ2n) is 1.98. The van der Waals surface area contributed by atoms with Crippen LogP contribution < -0.4 is 5.56 Å². The van der Waals surface area contributed by atoms with Gasteiger partial charge >= 0.3 is 0 Å². The summed E-state index contributed by atoms with van der Waals surface area (Å²) < 4.78 is 0. The maximum atomic E-state index is 10.9. The summed E-state index contributed by atoms with van der Waals surface area (Å²) >= 11 is 0. The molecule has 3 nitrogen and oxygen atoms in total. The average molecular weight is 136 g/mol. The van der Waals surface area contributed by atoms with Crippen LogP contribution >= 0.6 is 0 Å². The number of aliphatic imine (C=N–C) groups is 1. The molecular weight excluding hydrogens is 128 g/mol. The second kappa shape index (κ2) is 2.47. The van der Waals surface area contributed by atoms with E-state index < -0.39 is 0 Å². The molecule has 0 spiro atoms. The van der Waals surface area contributed by atoms with Crippen LogP contribution in [0.5, 0.6) is 0 Å². The number of rotatable bonds is 1. The summed E-state index contributed by atoms with van der Waals surface area (Å²) in [4.78, 5) is 17.0. The second-order valence-corrected chi connectivity index (χ2v) is 1.98. The summed E-state index contributed by atoms with van der Waals surface area (Å²) in [5.41, 5.74) is 1.14. The fourth-order valence-corrected chi connectivity index (χ4v) is 0.717. The minimum atomic E-state index is -0.107. The van der Waals surface area contributed by atoms with Crippen molar-refractivity contribution in [1.82, 2.24) is 4.98 Å². The maximum Gasteiger partial charge on any atom is 0.253 e. The molecule has 10 heavy (non-hydrogen) atoms. The number of hydrogen-bond donors (Lipinski definition) is 1. The van der Waals surface area contributed by atoms with Crippen LogP contribution in [0.25, 0.3) is 0 Å². The monoisotopic (exact) mass is 136 g/mol. The molecule has 1 N–H and O–H groups in total. The smallest absolute Gasteiger partial charge is 0.253 e. The summed E-state index contributed by atoms with van der Waals surface area (Å²) in [5, 5.41) is 0. The highest BCUT2D eigenvalue weighted by atomic mass is 16.1. The van der Waals surface area contributed by atoms with Gasteiger partial charge in [-0.1, -0.05) is 0 Å². The zero-order chi connectivity index (χ0) is 7.56. The van der Waals surface area contributed by atoms with E-state index in [9.17, 15) is 4.79 Å². The third-order valence-corrected chi connectivity index (χ3v) is 1.35. The Balaban J connectivity index is 3.41. The molecular formula is C7H8N2O. The summed E-state index contributed by atoms with van der Waals surface area (Å²) in [6.45, 7) is 5.04. The van der Waals surface area contributed by atoms with E-state index in [1.165, 1.54) is 0 Å². The zero-order valence-corrected chi connectivity index (χ0v) is 5.72. The van der Waals surface area contributed by atoms with E-state index in [1.54, 1.807) is 19.2 Å². The van der Waals surface area contributed by atoms with Crippen LogP contribution in [0.2, 0.25) is 0 Å². The van der Waals surface area contributed by atoms with Crippen molar-refractivity contribution in [2.45, 2.75) is 6.92 Å². The molecule has 1 rings (SSSR count). The van der Waals surface area contributed by atoms with Gasteiger partial charge in [0.2, 0.25) is 0 Å². The Morgan fingerprint density at radius 2 is 2.40 bits per heavy atom. The Kier molecular flexibility index (Phi) is 1.67. The Morgan fingerprint density at radius 3 is 2.90 bits per heavy atom. The Bertz CT molecular complexity index is 301. The molecule has 1 heterocycles. The minimum absolute atomic E-state index is 0.107. The highest BCUT2D eigenvalue weighted by Gasteiger charge is 1.96. The molecule has 0 aliphatic rings. The molecule has 0 radical (unpaired) electrons. The van der Waals surface area contributed by atoms with Gasteiger partial charge in [-0.15, -0.1) is 0 Å². The van der Waals surface area contributed by atoms with Crippen molar-refractivity contribution >= 4 is 12.4 Å². The van der Waals surface area contributed by atoms with Gasteiger partial charge in [0.15, 0.2) is 0 Å². The van der Waals surface area contributed by atoms with Gasteiger partial charge in [-0.05, 0) is 19.7 Å². The van der Waals surface area contributed by atoms with Gasteiger partial charge in [0.25, 0.3) is 5.56 Å². The van der Waals surface area contributed by atoms with Crippen molar-refractivity contribution < 1.29 is 0 Å². The van der Waals surface area contributed by atoms with Gasteiger partial charge in [0.05, 0.1) is 5.69 Å². The number of aromatic amines is 1. The van der Waals surface area contributed by atoms with Gasteiger partial charge in [0.1, 0.15) is 0 Å². The predicted octanol–water partition coefficient (Wildman–Crippen LogP) is 1.02. The normalized spacial score (nSPS) is 9.30. The summed E-state index contributed by atoms with van der Waals surface area (Å²) in [7, 11) is 0. The number of nitrogens with zero attached hydrogens (tertiary/aromatic N) is 1. The Morgan fingerprint density at radius 1 is 1.70 bits per heavy atom. The molecule has 0 atom stereocenters. The first kappa shape index (κ1) is 6.74. The van der Waals surface area contributed by atoms with E-state index in [-0.39, 0.29) is 5.56 Å². The van der Waals surface area contributed by atoms with E-state index >= 15 is 0 Å². The van der Waals surface area contributed by atoms with Crippen molar-refractivity contribution in [3.8, 4) is 0 Å². The number of H-pyrrole nitrogens is 1. The number of pyridine rings is 1. The fraction of sp³-hybridized carbons (Fsp3) is 0.143. The van der Waals surface area contributed by atoms with E-state index in [1.807, 2.05) is 0 Å². The van der Waals surface area contributed by atoms with Crippen molar-refractivity contribution in [3.05, 3.63) is 28.2 Å². The van der Waals surface area contributed by atoms with Crippen LogP contribution in [0.4, 0.5) is 5.69 Å². The zero-order valence-electron chi connectivity index (χ0n) is 5.72. The molecule has 0 fully saturated rings. The summed E-state index contributed by atoms with van der Waals surface area (Å²) in [6, 6.07) is 1.71. The van der Waals surface area contributed by atoms with Crippen molar-refractivity contribution in [1.29, 1.82) is 0 Å². The molecule has 0 aliphatic carbocycles. The number of nitrogens with one attached hydrogen (secondary N) is 1. The van der Waals surface area contributed by atoms with E-state index in [0.717, 1.165) is 0 Å². The lowest BCUT2D eigenvalue weighted by atomic mass is 10.3. The predicted molar refractivity (Wildman–Crippen MR) is 41.0 cm³/mol. The molecule has 0 aromatic carbocycles. The molecule has 0 saturated heterocycles. The third-order valence-electron chi connectivity index (χ3n) is 1.35. The number of aromatic nitrogens is 1. The molecule has 0 amide bonds. The molecule has 0 unspecified atom stereocenters. The molecule has 3 heteroatoms. The van der Waals surface area contributed by atoms with Gasteiger partial charge in [-0.2, -0.15) is 0 Å². The minimum Gasteiger partial charge on any atom is -0.329 e. The quantitative estimate of drug-likeness (QED) is 0.575. The first-order valence-electron chi connectivity index (χ1n) is 2.90. The van der Waals surface area contributed by atoms with E-state index in [2.05, 4.69) is 16.7 Å². The van der Waals surface area contributed by atoms with E-state index in [4.69, 9.17) is 0 Å². The van der Waals surface area contributed by atoms with Gasteiger partial charge in [-0.25, -0.2) is 0 Å². The first-order valence-corrected chi connectivity index (χ1v) is 2.90. The fourth-order valence-electron chi connectivity index (χ4n) is 0.717. The van der Waals surface area contributed by atoms with Crippen LogP contribution in [0.3, 0.4) is 0 Å². The van der Waals surface area contributed by atoms with Gasteiger partial charge in [0, 0.05) is 11.8 Å². The van der Waals surface area contributed by atoms with Gasteiger partial charge in [-0.3, -0.25) is 9.79 Å². The molecule has 1 aromatic heterocycles. The van der Waals surface area contributed by atoms with Crippen molar-refractivity contribution in [3.63, 3.8) is 0 Å². The lowest BCUT2D eigenvalue weighted by Crippen LogP contribution is -2.07.